The lowest BCUT2D eigenvalue weighted by molar-refractivity contribution is -0.129. The summed E-state index contributed by atoms with van der Waals surface area (Å²) in [6.45, 7) is 5.87. The van der Waals surface area contributed by atoms with Crippen molar-refractivity contribution in [2.45, 2.75) is 26.8 Å². The Morgan fingerprint density at radius 3 is 3.00 bits per heavy atom. The Labute approximate surface area is 119 Å². The fraction of sp³-hybridized carbons (Fsp3) is 0.533. The highest BCUT2D eigenvalue weighted by Crippen LogP contribution is 2.19. The van der Waals surface area contributed by atoms with Crippen molar-refractivity contribution in [2.75, 3.05) is 13.1 Å². The normalized spacial score (nSPS) is 18.6. The minimum atomic E-state index is -0.224. The topological polar surface area (TPSA) is 62.3 Å². The molecule has 1 fully saturated rings. The van der Waals surface area contributed by atoms with Gasteiger partial charge < -0.3 is 10.2 Å². The molecule has 1 aliphatic rings. The molecule has 1 aromatic rings. The fourth-order valence-corrected chi connectivity index (χ4v) is 2.40. The number of nitrogens with one attached hydrogen (secondary N) is 1. The van der Waals surface area contributed by atoms with Crippen LogP contribution in [-0.4, -0.2) is 34.8 Å². The molecule has 1 saturated heterocycles. The maximum Gasteiger partial charge on any atom is 0.225 e. The molecular formula is C15H21N3O2. The maximum atomic E-state index is 12.1. The lowest BCUT2D eigenvalue weighted by Gasteiger charge is -2.18. The predicted octanol–water partition coefficient (Wildman–Crippen LogP) is 1.20. The molecule has 0 bridgehead atoms. The van der Waals surface area contributed by atoms with E-state index in [0.717, 1.165) is 12.1 Å². The molecular weight excluding hydrogens is 254 g/mol. The fourth-order valence-electron chi connectivity index (χ4n) is 2.40. The van der Waals surface area contributed by atoms with Crippen LogP contribution in [-0.2, 0) is 16.1 Å². The molecule has 0 spiro atoms. The summed E-state index contributed by atoms with van der Waals surface area (Å²) in [5.41, 5.74) is 0.962. The maximum absolute atomic E-state index is 12.1. The summed E-state index contributed by atoms with van der Waals surface area (Å²) in [6, 6.07) is 3.75. The average molecular weight is 275 g/mol. The number of hydrogen-bond acceptors (Lipinski definition) is 3. The largest absolute Gasteiger partial charge is 0.352 e. The van der Waals surface area contributed by atoms with E-state index in [-0.39, 0.29) is 17.7 Å². The second kappa shape index (κ2) is 6.50. The molecule has 1 aliphatic heterocycles. The second-order valence-electron chi connectivity index (χ2n) is 5.67. The molecule has 0 unspecified atom stereocenters. The minimum absolute atomic E-state index is 0.0477. The summed E-state index contributed by atoms with van der Waals surface area (Å²) in [5, 5.41) is 2.88. The molecule has 0 saturated carbocycles. The molecule has 1 aromatic heterocycles. The van der Waals surface area contributed by atoms with Crippen molar-refractivity contribution in [3.8, 4) is 0 Å². The van der Waals surface area contributed by atoms with Gasteiger partial charge in [-0.25, -0.2) is 0 Å². The first-order valence-corrected chi connectivity index (χ1v) is 7.00. The average Bonchev–Trinajstić information content (AvgIpc) is 2.78. The van der Waals surface area contributed by atoms with Crippen LogP contribution >= 0.6 is 0 Å². The van der Waals surface area contributed by atoms with Crippen LogP contribution in [0.5, 0.6) is 0 Å². The van der Waals surface area contributed by atoms with Gasteiger partial charge in [0.05, 0.1) is 5.92 Å². The van der Waals surface area contributed by atoms with Crippen molar-refractivity contribution in [1.82, 2.24) is 15.2 Å². The number of carbonyl (C=O) groups excluding carboxylic acids is 2. The summed E-state index contributed by atoms with van der Waals surface area (Å²) in [7, 11) is 0. The van der Waals surface area contributed by atoms with E-state index < -0.39 is 0 Å². The number of hydrogen-bond donors (Lipinski definition) is 1. The Morgan fingerprint density at radius 2 is 2.35 bits per heavy atom. The quantitative estimate of drug-likeness (QED) is 0.878. The van der Waals surface area contributed by atoms with Crippen molar-refractivity contribution >= 4 is 11.8 Å². The van der Waals surface area contributed by atoms with Crippen LogP contribution in [0.25, 0.3) is 0 Å². The highest BCUT2D eigenvalue weighted by molar-refractivity contribution is 5.89. The highest BCUT2D eigenvalue weighted by Gasteiger charge is 2.34. The Bertz CT molecular complexity index is 473. The van der Waals surface area contributed by atoms with E-state index in [2.05, 4.69) is 24.1 Å². The zero-order chi connectivity index (χ0) is 14.5. The van der Waals surface area contributed by atoms with Gasteiger partial charge in [-0.05, 0) is 17.5 Å². The van der Waals surface area contributed by atoms with E-state index >= 15 is 0 Å². The molecule has 0 radical (unpaired) electrons. The molecule has 2 heterocycles. The molecule has 1 atom stereocenters. The summed E-state index contributed by atoms with van der Waals surface area (Å²) < 4.78 is 0. The number of pyridine rings is 1. The van der Waals surface area contributed by atoms with Gasteiger partial charge in [0.15, 0.2) is 0 Å². The summed E-state index contributed by atoms with van der Waals surface area (Å²) >= 11 is 0. The minimum Gasteiger partial charge on any atom is -0.352 e. The molecule has 5 heteroatoms. The molecule has 2 rings (SSSR count). The van der Waals surface area contributed by atoms with Crippen LogP contribution < -0.4 is 5.32 Å². The highest BCUT2D eigenvalue weighted by atomic mass is 16.2. The third-order valence-corrected chi connectivity index (χ3v) is 3.36. The zero-order valence-corrected chi connectivity index (χ0v) is 12.0. The molecule has 0 aliphatic carbocycles. The molecule has 2 amide bonds. The van der Waals surface area contributed by atoms with Crippen LogP contribution in [0.15, 0.2) is 24.5 Å². The van der Waals surface area contributed by atoms with Gasteiger partial charge in [0, 0.05) is 38.4 Å². The first-order valence-electron chi connectivity index (χ1n) is 7.00. The third kappa shape index (κ3) is 3.79. The van der Waals surface area contributed by atoms with E-state index in [9.17, 15) is 9.59 Å². The SMILES string of the molecule is CC(C)CN1C[C@H](C(=O)NCc2cccnc2)CC1=O. The third-order valence-electron chi connectivity index (χ3n) is 3.36. The number of likely N-dealkylation sites (tertiary alicyclic amines) is 1. The van der Waals surface area contributed by atoms with Gasteiger partial charge in [-0.2, -0.15) is 0 Å². The van der Waals surface area contributed by atoms with Crippen molar-refractivity contribution in [3.63, 3.8) is 0 Å². The monoisotopic (exact) mass is 275 g/mol. The Morgan fingerprint density at radius 1 is 1.55 bits per heavy atom. The summed E-state index contributed by atoms with van der Waals surface area (Å²) in [4.78, 5) is 29.7. The van der Waals surface area contributed by atoms with E-state index in [1.807, 2.05) is 12.1 Å². The number of aromatic nitrogens is 1. The van der Waals surface area contributed by atoms with E-state index in [1.165, 1.54) is 0 Å². The van der Waals surface area contributed by atoms with Crippen molar-refractivity contribution in [3.05, 3.63) is 30.1 Å². The van der Waals surface area contributed by atoms with Gasteiger partial charge in [0.2, 0.25) is 11.8 Å². The van der Waals surface area contributed by atoms with E-state index in [1.54, 1.807) is 17.3 Å². The van der Waals surface area contributed by atoms with Crippen LogP contribution in [0.4, 0.5) is 0 Å². The Hall–Kier alpha value is -1.91. The van der Waals surface area contributed by atoms with Gasteiger partial charge in [0.25, 0.3) is 0 Å². The lowest BCUT2D eigenvalue weighted by Crippen LogP contribution is -2.33. The van der Waals surface area contributed by atoms with Gasteiger partial charge in [0.1, 0.15) is 0 Å². The molecule has 1 N–H and O–H groups in total. The zero-order valence-electron chi connectivity index (χ0n) is 12.0. The second-order valence-corrected chi connectivity index (χ2v) is 5.67. The molecule has 20 heavy (non-hydrogen) atoms. The molecule has 108 valence electrons. The number of nitrogens with zero attached hydrogens (tertiary/aromatic N) is 2. The first-order chi connectivity index (χ1) is 9.56. The Balaban J connectivity index is 1.83. The van der Waals surface area contributed by atoms with Crippen molar-refractivity contribution < 1.29 is 9.59 Å². The van der Waals surface area contributed by atoms with Gasteiger partial charge in [-0.1, -0.05) is 19.9 Å². The molecule has 5 nitrogen and oxygen atoms in total. The van der Waals surface area contributed by atoms with Crippen LogP contribution in [0.2, 0.25) is 0 Å². The van der Waals surface area contributed by atoms with Gasteiger partial charge in [-0.15, -0.1) is 0 Å². The summed E-state index contributed by atoms with van der Waals surface area (Å²) in [5.74, 6) is 0.239. The van der Waals surface area contributed by atoms with E-state index in [4.69, 9.17) is 0 Å². The Kier molecular flexibility index (Phi) is 4.71. The van der Waals surface area contributed by atoms with Gasteiger partial charge in [-0.3, -0.25) is 14.6 Å². The number of carbonyl (C=O) groups is 2. The van der Waals surface area contributed by atoms with Crippen molar-refractivity contribution in [2.24, 2.45) is 11.8 Å². The number of amides is 2. The smallest absolute Gasteiger partial charge is 0.225 e. The first kappa shape index (κ1) is 14.5. The number of rotatable bonds is 5. The van der Waals surface area contributed by atoms with Crippen molar-refractivity contribution in [1.29, 1.82) is 0 Å². The lowest BCUT2D eigenvalue weighted by atomic mass is 10.1. The van der Waals surface area contributed by atoms with Crippen LogP contribution in [0, 0.1) is 11.8 Å². The predicted molar refractivity (Wildman–Crippen MR) is 75.6 cm³/mol. The van der Waals surface area contributed by atoms with Crippen LogP contribution in [0.3, 0.4) is 0 Å². The van der Waals surface area contributed by atoms with Crippen LogP contribution in [0.1, 0.15) is 25.8 Å². The van der Waals surface area contributed by atoms with Gasteiger partial charge >= 0.3 is 0 Å². The molecule has 0 aromatic carbocycles. The van der Waals surface area contributed by atoms with E-state index in [0.29, 0.717) is 25.4 Å². The standard InChI is InChI=1S/C15H21N3O2/c1-11(2)9-18-10-13(6-14(18)19)15(20)17-8-12-4-3-5-16-7-12/h3-5,7,11,13H,6,8-10H2,1-2H3,(H,17,20)/t13-/m1/s1. The summed E-state index contributed by atoms with van der Waals surface area (Å²) in [6.07, 6.45) is 3.75.